The summed E-state index contributed by atoms with van der Waals surface area (Å²) in [6.07, 6.45) is 1.21. The van der Waals surface area contributed by atoms with Crippen molar-refractivity contribution in [3.8, 4) is 0 Å². The van der Waals surface area contributed by atoms with Gasteiger partial charge in [-0.25, -0.2) is 8.42 Å². The van der Waals surface area contributed by atoms with Gasteiger partial charge in [-0.05, 0) is 13.8 Å². The van der Waals surface area contributed by atoms with Crippen molar-refractivity contribution in [2.45, 2.75) is 24.4 Å². The third-order valence-corrected chi connectivity index (χ3v) is 4.40. The molecule has 0 bridgehead atoms. The molecule has 0 saturated carbocycles. The molecule has 0 atom stereocenters. The number of sulfonamides is 1. The molecular formula is C8H14ClN5O3S. The van der Waals surface area contributed by atoms with E-state index >= 15 is 0 Å². The molecule has 8 nitrogen and oxygen atoms in total. The summed E-state index contributed by atoms with van der Waals surface area (Å²) in [5.74, 6) is -0.274. The predicted molar refractivity (Wildman–Crippen MR) is 66.0 cm³/mol. The zero-order chi connectivity index (χ0) is 14.1. The number of amidine groups is 1. The predicted octanol–water partition coefficient (Wildman–Crippen LogP) is -0.123. The fraction of sp³-hybridized carbons (Fsp3) is 0.500. The first-order chi connectivity index (χ1) is 8.12. The smallest absolute Gasteiger partial charge is 0.260 e. The molecule has 0 aliphatic carbocycles. The first kappa shape index (κ1) is 14.7. The Morgan fingerprint density at radius 1 is 1.67 bits per heavy atom. The normalized spacial score (nSPS) is 13.9. The molecule has 0 fully saturated rings. The maximum absolute atomic E-state index is 12.1. The lowest BCUT2D eigenvalue weighted by Crippen LogP contribution is -2.53. The highest BCUT2D eigenvalue weighted by atomic mass is 35.5. The number of rotatable bonds is 4. The quantitative estimate of drug-likeness (QED) is 0.309. The van der Waals surface area contributed by atoms with Crippen LogP contribution in [0.5, 0.6) is 0 Å². The van der Waals surface area contributed by atoms with Crippen LogP contribution in [0.25, 0.3) is 0 Å². The number of aromatic nitrogens is 2. The lowest BCUT2D eigenvalue weighted by atomic mass is 10.1. The first-order valence-electron chi connectivity index (χ1n) is 4.81. The minimum Gasteiger partial charge on any atom is -0.409 e. The maximum Gasteiger partial charge on any atom is 0.260 e. The summed E-state index contributed by atoms with van der Waals surface area (Å²) in [6.45, 7) is 2.90. The van der Waals surface area contributed by atoms with Crippen LogP contribution in [-0.4, -0.2) is 34.8 Å². The molecule has 1 aromatic heterocycles. The number of hydrogen-bond donors (Lipinski definition) is 3. The summed E-state index contributed by atoms with van der Waals surface area (Å²) in [5.41, 5.74) is 4.14. The molecule has 102 valence electrons. The Labute approximate surface area is 109 Å². The minimum absolute atomic E-state index is 0.0136. The summed E-state index contributed by atoms with van der Waals surface area (Å²) in [4.78, 5) is 0. The molecule has 0 aromatic carbocycles. The van der Waals surface area contributed by atoms with Gasteiger partial charge in [-0.1, -0.05) is 16.8 Å². The molecular weight excluding hydrogens is 282 g/mol. The number of nitrogens with one attached hydrogen (secondary N) is 1. The van der Waals surface area contributed by atoms with E-state index in [1.54, 1.807) is 0 Å². The average molecular weight is 296 g/mol. The highest BCUT2D eigenvalue weighted by molar-refractivity contribution is 7.89. The Bertz CT molecular complexity index is 558. The third kappa shape index (κ3) is 2.74. The van der Waals surface area contributed by atoms with E-state index in [0.717, 1.165) is 4.68 Å². The number of hydrogen-bond acceptors (Lipinski definition) is 5. The van der Waals surface area contributed by atoms with E-state index in [0.29, 0.717) is 0 Å². The largest absolute Gasteiger partial charge is 0.409 e. The summed E-state index contributed by atoms with van der Waals surface area (Å²) in [5, 5.41) is 14.9. The van der Waals surface area contributed by atoms with Crippen molar-refractivity contribution in [1.82, 2.24) is 14.5 Å². The number of aryl methyl sites for hydroxylation is 1. The standard InChI is InChI=1S/C8H14ClN5O3S/c1-8(2,7(10)12-15)13-18(16,17)6-5(9)4-11-14(6)3/h4,13,15H,1-3H3,(H2,10,12). The van der Waals surface area contributed by atoms with Crippen LogP contribution < -0.4 is 10.5 Å². The fourth-order valence-corrected chi connectivity index (χ4v) is 3.31. The van der Waals surface area contributed by atoms with E-state index in [2.05, 4.69) is 15.0 Å². The highest BCUT2D eigenvalue weighted by Gasteiger charge is 2.33. The van der Waals surface area contributed by atoms with Gasteiger partial charge in [0.05, 0.1) is 16.8 Å². The topological polar surface area (TPSA) is 123 Å². The van der Waals surface area contributed by atoms with Crippen molar-refractivity contribution >= 4 is 27.5 Å². The Balaban J connectivity index is 3.19. The van der Waals surface area contributed by atoms with E-state index in [1.807, 2.05) is 0 Å². The van der Waals surface area contributed by atoms with Crippen LogP contribution in [0.4, 0.5) is 0 Å². The fourth-order valence-electron chi connectivity index (χ4n) is 1.26. The number of halogens is 1. The third-order valence-electron chi connectivity index (χ3n) is 2.23. The Hall–Kier alpha value is -1.32. The lowest BCUT2D eigenvalue weighted by Gasteiger charge is -2.24. The van der Waals surface area contributed by atoms with Crippen LogP contribution in [-0.2, 0) is 17.1 Å². The van der Waals surface area contributed by atoms with Crippen molar-refractivity contribution in [1.29, 1.82) is 0 Å². The van der Waals surface area contributed by atoms with Crippen molar-refractivity contribution in [2.75, 3.05) is 0 Å². The Kier molecular flexibility index (Phi) is 3.89. The average Bonchev–Trinajstić information content (AvgIpc) is 2.56. The molecule has 0 amide bonds. The molecule has 0 radical (unpaired) electrons. The minimum atomic E-state index is -3.94. The van der Waals surface area contributed by atoms with Crippen molar-refractivity contribution < 1.29 is 13.6 Å². The summed E-state index contributed by atoms with van der Waals surface area (Å²) >= 11 is 5.76. The zero-order valence-corrected chi connectivity index (χ0v) is 11.6. The zero-order valence-electron chi connectivity index (χ0n) is 10.0. The van der Waals surface area contributed by atoms with E-state index in [1.165, 1.54) is 27.1 Å². The van der Waals surface area contributed by atoms with Crippen LogP contribution in [0.3, 0.4) is 0 Å². The lowest BCUT2D eigenvalue weighted by molar-refractivity contribution is 0.312. The van der Waals surface area contributed by atoms with Gasteiger partial charge in [0, 0.05) is 7.05 Å². The molecule has 1 aromatic rings. The maximum atomic E-state index is 12.1. The van der Waals surface area contributed by atoms with Crippen LogP contribution in [0.15, 0.2) is 16.4 Å². The highest BCUT2D eigenvalue weighted by Crippen LogP contribution is 2.21. The van der Waals surface area contributed by atoms with Crippen molar-refractivity contribution in [3.05, 3.63) is 11.2 Å². The van der Waals surface area contributed by atoms with Gasteiger partial charge in [-0.15, -0.1) is 0 Å². The van der Waals surface area contributed by atoms with Crippen LogP contribution >= 0.6 is 11.6 Å². The summed E-state index contributed by atoms with van der Waals surface area (Å²) < 4.78 is 27.6. The molecule has 0 spiro atoms. The number of nitrogens with two attached hydrogens (primary N) is 1. The second-order valence-electron chi connectivity index (χ2n) is 4.14. The van der Waals surface area contributed by atoms with E-state index in [9.17, 15) is 8.42 Å². The molecule has 4 N–H and O–H groups in total. The van der Waals surface area contributed by atoms with Gasteiger partial charge in [0.15, 0.2) is 10.9 Å². The van der Waals surface area contributed by atoms with E-state index in [4.69, 9.17) is 22.5 Å². The van der Waals surface area contributed by atoms with Crippen molar-refractivity contribution in [2.24, 2.45) is 17.9 Å². The second-order valence-corrected chi connectivity index (χ2v) is 6.14. The number of oxime groups is 1. The molecule has 18 heavy (non-hydrogen) atoms. The van der Waals surface area contributed by atoms with Gasteiger partial charge in [0.2, 0.25) is 0 Å². The first-order valence-corrected chi connectivity index (χ1v) is 6.67. The molecule has 0 unspecified atom stereocenters. The molecule has 0 saturated heterocycles. The summed E-state index contributed by atoms with van der Waals surface area (Å²) in [6, 6.07) is 0. The molecule has 0 aliphatic rings. The van der Waals surface area contributed by atoms with Crippen LogP contribution in [0.1, 0.15) is 13.8 Å². The number of nitrogens with zero attached hydrogens (tertiary/aromatic N) is 3. The van der Waals surface area contributed by atoms with Crippen LogP contribution in [0.2, 0.25) is 5.02 Å². The molecule has 10 heteroatoms. The van der Waals surface area contributed by atoms with Gasteiger partial charge < -0.3 is 10.9 Å². The van der Waals surface area contributed by atoms with Gasteiger partial charge in [0.25, 0.3) is 10.0 Å². The van der Waals surface area contributed by atoms with Gasteiger partial charge in [0.1, 0.15) is 0 Å². The Morgan fingerprint density at radius 2 is 2.22 bits per heavy atom. The monoisotopic (exact) mass is 295 g/mol. The van der Waals surface area contributed by atoms with E-state index < -0.39 is 15.6 Å². The van der Waals surface area contributed by atoms with Gasteiger partial charge in [-0.3, -0.25) is 4.68 Å². The second kappa shape index (κ2) is 4.75. The van der Waals surface area contributed by atoms with Crippen molar-refractivity contribution in [3.63, 3.8) is 0 Å². The SMILES string of the molecule is Cn1ncc(Cl)c1S(=O)(=O)NC(C)(C)C(N)=NO. The Morgan fingerprint density at radius 3 is 2.61 bits per heavy atom. The van der Waals surface area contributed by atoms with Gasteiger partial charge >= 0.3 is 0 Å². The van der Waals surface area contributed by atoms with Gasteiger partial charge in [-0.2, -0.15) is 9.82 Å². The van der Waals surface area contributed by atoms with Crippen LogP contribution in [0, 0.1) is 0 Å². The molecule has 1 heterocycles. The molecule has 1 rings (SSSR count). The van der Waals surface area contributed by atoms with E-state index in [-0.39, 0.29) is 15.9 Å². The summed E-state index contributed by atoms with van der Waals surface area (Å²) in [7, 11) is -2.50. The molecule has 0 aliphatic heterocycles.